The van der Waals surface area contributed by atoms with Crippen LogP contribution in [0.5, 0.6) is 0 Å². The minimum atomic E-state index is 0.743. The van der Waals surface area contributed by atoms with Crippen molar-refractivity contribution >= 4 is 0 Å². The fourth-order valence-corrected chi connectivity index (χ4v) is 1.04. The van der Waals surface area contributed by atoms with Crippen molar-refractivity contribution in [3.63, 3.8) is 0 Å². The van der Waals surface area contributed by atoms with Crippen molar-refractivity contribution in [2.24, 2.45) is 0 Å². The van der Waals surface area contributed by atoms with E-state index in [1.165, 1.54) is 12.8 Å². The Morgan fingerprint density at radius 3 is 3.09 bits per heavy atom. The van der Waals surface area contributed by atoms with Gasteiger partial charge in [-0.05, 0) is 19.8 Å². The van der Waals surface area contributed by atoms with Crippen LogP contribution in [0.25, 0.3) is 0 Å². The zero-order valence-corrected chi connectivity index (χ0v) is 6.63. The van der Waals surface area contributed by atoms with Gasteiger partial charge in [-0.1, -0.05) is 5.16 Å². The number of hydrogen-bond acceptors (Lipinski definition) is 3. The van der Waals surface area contributed by atoms with E-state index in [9.17, 15) is 0 Å². The van der Waals surface area contributed by atoms with E-state index in [0.29, 0.717) is 0 Å². The van der Waals surface area contributed by atoms with Gasteiger partial charge in [-0.25, -0.2) is 0 Å². The van der Waals surface area contributed by atoms with Gasteiger partial charge in [0.1, 0.15) is 5.76 Å². The molecule has 0 spiro atoms. The summed E-state index contributed by atoms with van der Waals surface area (Å²) in [7, 11) is 0. The van der Waals surface area contributed by atoms with Crippen LogP contribution < -0.4 is 5.32 Å². The van der Waals surface area contributed by atoms with Gasteiger partial charge in [-0.15, -0.1) is 0 Å². The lowest BCUT2D eigenvalue weighted by Crippen LogP contribution is -2.15. The summed E-state index contributed by atoms with van der Waals surface area (Å²) < 4.78 is 4.93. The van der Waals surface area contributed by atoms with E-state index in [1.807, 2.05) is 13.0 Å². The van der Waals surface area contributed by atoms with Gasteiger partial charge >= 0.3 is 0 Å². The first-order valence-electron chi connectivity index (χ1n) is 4.00. The average molecular weight is 152 g/mol. The molecule has 1 aliphatic carbocycles. The molecule has 0 radical (unpaired) electrons. The zero-order chi connectivity index (χ0) is 7.68. The van der Waals surface area contributed by atoms with Crippen molar-refractivity contribution in [1.29, 1.82) is 0 Å². The van der Waals surface area contributed by atoms with Crippen LogP contribution in [-0.4, -0.2) is 11.2 Å². The fraction of sp³-hybridized carbons (Fsp3) is 0.625. The highest BCUT2D eigenvalue weighted by Crippen LogP contribution is 2.19. The Hall–Kier alpha value is -0.830. The molecule has 1 saturated carbocycles. The summed E-state index contributed by atoms with van der Waals surface area (Å²) in [4.78, 5) is 0. The van der Waals surface area contributed by atoms with E-state index in [2.05, 4.69) is 10.5 Å². The lowest BCUT2D eigenvalue weighted by atomic mass is 10.4. The Labute approximate surface area is 65.8 Å². The molecule has 1 aromatic heterocycles. The summed E-state index contributed by atoms with van der Waals surface area (Å²) in [6, 6.07) is 2.71. The molecule has 1 aliphatic rings. The Balaban J connectivity index is 1.85. The van der Waals surface area contributed by atoms with Crippen molar-refractivity contribution in [1.82, 2.24) is 10.5 Å². The normalized spacial score (nSPS) is 17.2. The second-order valence-electron chi connectivity index (χ2n) is 3.08. The molecule has 1 fully saturated rings. The van der Waals surface area contributed by atoms with Crippen molar-refractivity contribution in [2.75, 3.05) is 0 Å². The summed E-state index contributed by atoms with van der Waals surface area (Å²) in [6.45, 7) is 2.76. The van der Waals surface area contributed by atoms with E-state index < -0.39 is 0 Å². The number of rotatable bonds is 3. The van der Waals surface area contributed by atoms with E-state index in [0.717, 1.165) is 24.0 Å². The standard InChI is InChI=1S/C8H12N2O/c1-6-4-8(10-11-6)5-9-7-2-3-7/h4,7,9H,2-3,5H2,1H3. The minimum absolute atomic E-state index is 0.743. The first kappa shape index (κ1) is 6.85. The van der Waals surface area contributed by atoms with Crippen LogP contribution in [0.3, 0.4) is 0 Å². The van der Waals surface area contributed by atoms with Gasteiger partial charge in [0.25, 0.3) is 0 Å². The third-order valence-corrected chi connectivity index (χ3v) is 1.83. The molecule has 60 valence electrons. The Kier molecular flexibility index (Phi) is 1.66. The van der Waals surface area contributed by atoms with Crippen molar-refractivity contribution < 1.29 is 4.52 Å². The van der Waals surface area contributed by atoms with Gasteiger partial charge in [0.2, 0.25) is 0 Å². The molecule has 2 rings (SSSR count). The highest BCUT2D eigenvalue weighted by atomic mass is 16.5. The van der Waals surface area contributed by atoms with Crippen molar-refractivity contribution in [3.05, 3.63) is 17.5 Å². The molecule has 3 nitrogen and oxygen atoms in total. The topological polar surface area (TPSA) is 38.1 Å². The maximum atomic E-state index is 4.93. The Morgan fingerprint density at radius 1 is 1.73 bits per heavy atom. The van der Waals surface area contributed by atoms with Gasteiger partial charge in [-0.2, -0.15) is 0 Å². The van der Waals surface area contributed by atoms with E-state index >= 15 is 0 Å². The summed E-state index contributed by atoms with van der Waals surface area (Å²) in [5, 5.41) is 7.24. The molecule has 1 aromatic rings. The Morgan fingerprint density at radius 2 is 2.55 bits per heavy atom. The molecule has 3 heteroatoms. The van der Waals surface area contributed by atoms with E-state index in [4.69, 9.17) is 4.52 Å². The fourth-order valence-electron chi connectivity index (χ4n) is 1.04. The molecule has 0 aromatic carbocycles. The molecule has 0 amide bonds. The lowest BCUT2D eigenvalue weighted by Gasteiger charge is -1.95. The third-order valence-electron chi connectivity index (χ3n) is 1.83. The molecule has 11 heavy (non-hydrogen) atoms. The zero-order valence-electron chi connectivity index (χ0n) is 6.63. The molecule has 0 aliphatic heterocycles. The smallest absolute Gasteiger partial charge is 0.133 e. The lowest BCUT2D eigenvalue weighted by molar-refractivity contribution is 0.388. The predicted octanol–water partition coefficient (Wildman–Crippen LogP) is 1.24. The van der Waals surface area contributed by atoms with Gasteiger partial charge in [0, 0.05) is 18.7 Å². The van der Waals surface area contributed by atoms with Gasteiger partial charge < -0.3 is 9.84 Å². The third kappa shape index (κ3) is 1.80. The summed E-state index contributed by atoms with van der Waals surface area (Å²) >= 11 is 0. The molecule has 0 atom stereocenters. The molecule has 0 bridgehead atoms. The van der Waals surface area contributed by atoms with Crippen LogP contribution in [0.2, 0.25) is 0 Å². The van der Waals surface area contributed by atoms with Crippen LogP contribution in [0.15, 0.2) is 10.6 Å². The molecule has 1 N–H and O–H groups in total. The van der Waals surface area contributed by atoms with Crippen molar-refractivity contribution in [3.8, 4) is 0 Å². The van der Waals surface area contributed by atoms with E-state index in [-0.39, 0.29) is 0 Å². The molecular formula is C8H12N2O. The van der Waals surface area contributed by atoms with Crippen molar-refractivity contribution in [2.45, 2.75) is 32.4 Å². The first-order chi connectivity index (χ1) is 5.34. The predicted molar refractivity (Wildman–Crippen MR) is 41.1 cm³/mol. The van der Waals surface area contributed by atoms with Crippen LogP contribution in [0.4, 0.5) is 0 Å². The monoisotopic (exact) mass is 152 g/mol. The number of aromatic nitrogens is 1. The van der Waals surface area contributed by atoms with Gasteiger partial charge in [0.15, 0.2) is 0 Å². The second kappa shape index (κ2) is 2.66. The highest BCUT2D eigenvalue weighted by molar-refractivity contribution is 5.03. The van der Waals surface area contributed by atoms with Crippen LogP contribution in [0.1, 0.15) is 24.3 Å². The van der Waals surface area contributed by atoms with Crippen LogP contribution in [0, 0.1) is 6.92 Å². The Bertz CT molecular complexity index is 240. The van der Waals surface area contributed by atoms with Crippen LogP contribution in [-0.2, 0) is 6.54 Å². The first-order valence-corrected chi connectivity index (χ1v) is 4.00. The number of nitrogens with one attached hydrogen (secondary N) is 1. The van der Waals surface area contributed by atoms with E-state index in [1.54, 1.807) is 0 Å². The highest BCUT2D eigenvalue weighted by Gasteiger charge is 2.20. The second-order valence-corrected chi connectivity index (χ2v) is 3.08. The quantitative estimate of drug-likeness (QED) is 0.708. The molecule has 0 saturated heterocycles. The molecular weight excluding hydrogens is 140 g/mol. The number of nitrogens with zero attached hydrogens (tertiary/aromatic N) is 1. The number of aryl methyl sites for hydroxylation is 1. The van der Waals surface area contributed by atoms with Gasteiger partial charge in [0.05, 0.1) is 5.69 Å². The number of hydrogen-bond donors (Lipinski definition) is 1. The minimum Gasteiger partial charge on any atom is -0.361 e. The molecule has 1 heterocycles. The average Bonchev–Trinajstić information content (AvgIpc) is 2.72. The summed E-state index contributed by atoms with van der Waals surface area (Å²) in [5.41, 5.74) is 1.01. The SMILES string of the molecule is Cc1cc(CNC2CC2)no1. The van der Waals surface area contributed by atoms with Crippen LogP contribution >= 0.6 is 0 Å². The summed E-state index contributed by atoms with van der Waals surface area (Å²) in [6.07, 6.45) is 2.63. The maximum absolute atomic E-state index is 4.93. The van der Waals surface area contributed by atoms with Gasteiger partial charge in [-0.3, -0.25) is 0 Å². The summed E-state index contributed by atoms with van der Waals surface area (Å²) in [5.74, 6) is 0.887. The molecule has 0 unspecified atom stereocenters. The largest absolute Gasteiger partial charge is 0.361 e. The maximum Gasteiger partial charge on any atom is 0.133 e.